The van der Waals surface area contributed by atoms with Crippen molar-refractivity contribution in [3.8, 4) is 16.9 Å². The number of ketones is 1. The van der Waals surface area contributed by atoms with Gasteiger partial charge in [0.2, 0.25) is 0 Å². The van der Waals surface area contributed by atoms with E-state index in [0.717, 1.165) is 16.9 Å². The molecule has 4 rings (SSSR count). The van der Waals surface area contributed by atoms with Gasteiger partial charge in [-0.15, -0.1) is 10.2 Å². The van der Waals surface area contributed by atoms with E-state index in [1.807, 2.05) is 59.2 Å². The first-order valence-corrected chi connectivity index (χ1v) is 12.1. The highest BCUT2D eigenvalue weighted by molar-refractivity contribution is 8.00. The highest BCUT2D eigenvalue weighted by atomic mass is 32.2. The van der Waals surface area contributed by atoms with Crippen molar-refractivity contribution in [1.29, 1.82) is 0 Å². The molecule has 6 nitrogen and oxygen atoms in total. The number of aromatic nitrogens is 3. The van der Waals surface area contributed by atoms with E-state index in [2.05, 4.69) is 10.2 Å². The topological polar surface area (TPSA) is 66.2 Å². The van der Waals surface area contributed by atoms with Gasteiger partial charge in [0, 0.05) is 24.8 Å². The second-order valence-electron chi connectivity index (χ2n) is 7.83. The maximum atomic E-state index is 13.2. The molecule has 1 heterocycles. The third kappa shape index (κ3) is 6.15. The van der Waals surface area contributed by atoms with Crippen LogP contribution in [0.1, 0.15) is 23.1 Å². The van der Waals surface area contributed by atoms with Crippen LogP contribution in [0.5, 0.6) is 5.75 Å². The largest absolute Gasteiger partial charge is 0.485 e. The predicted molar refractivity (Wildman–Crippen MR) is 134 cm³/mol. The number of thioether (sulfide) groups is 1. The minimum Gasteiger partial charge on any atom is -0.485 e. The second-order valence-corrected chi connectivity index (χ2v) is 9.13. The molecule has 0 saturated heterocycles. The molecule has 35 heavy (non-hydrogen) atoms. The molecular formula is C27H26FN3O3S. The molecule has 0 bridgehead atoms. The molecule has 180 valence electrons. The summed E-state index contributed by atoms with van der Waals surface area (Å²) in [5, 5.41) is 8.82. The highest BCUT2D eigenvalue weighted by Crippen LogP contribution is 2.31. The van der Waals surface area contributed by atoms with Gasteiger partial charge in [0.1, 0.15) is 18.2 Å². The van der Waals surface area contributed by atoms with Crippen LogP contribution in [-0.4, -0.2) is 39.5 Å². The van der Waals surface area contributed by atoms with Gasteiger partial charge in [-0.1, -0.05) is 60.3 Å². The number of Topliss-reactive ketones (excluding diaryl/α,β-unsaturated/α-hetero) is 1. The van der Waals surface area contributed by atoms with Crippen molar-refractivity contribution in [2.24, 2.45) is 0 Å². The summed E-state index contributed by atoms with van der Waals surface area (Å²) in [5.41, 5.74) is 2.51. The Bertz CT molecular complexity index is 1260. The molecule has 0 saturated carbocycles. The Labute approximate surface area is 208 Å². The van der Waals surface area contributed by atoms with Crippen LogP contribution in [-0.2, 0) is 17.9 Å². The quantitative estimate of drug-likeness (QED) is 0.199. The lowest BCUT2D eigenvalue weighted by molar-refractivity contribution is 0.0993. The van der Waals surface area contributed by atoms with Crippen LogP contribution >= 0.6 is 11.8 Å². The molecule has 0 aliphatic rings. The number of hydrogen-bond donors (Lipinski definition) is 0. The molecule has 3 aromatic carbocycles. The molecule has 0 amide bonds. The van der Waals surface area contributed by atoms with E-state index in [4.69, 9.17) is 9.47 Å². The Kier molecular flexibility index (Phi) is 8.28. The average molecular weight is 492 g/mol. The van der Waals surface area contributed by atoms with Crippen molar-refractivity contribution >= 4 is 17.5 Å². The van der Waals surface area contributed by atoms with Gasteiger partial charge in [0.25, 0.3) is 0 Å². The van der Waals surface area contributed by atoms with E-state index in [1.165, 1.54) is 36.0 Å². The normalized spacial score (nSPS) is 11.9. The van der Waals surface area contributed by atoms with Crippen LogP contribution in [0.25, 0.3) is 11.1 Å². The maximum Gasteiger partial charge on any atom is 0.192 e. The van der Waals surface area contributed by atoms with E-state index in [0.29, 0.717) is 29.7 Å². The molecule has 0 fully saturated rings. The zero-order valence-electron chi connectivity index (χ0n) is 19.6. The minimum absolute atomic E-state index is 0.106. The number of ether oxygens (including phenoxy) is 2. The van der Waals surface area contributed by atoms with Gasteiger partial charge in [-0.05, 0) is 42.8 Å². The minimum atomic E-state index is -0.432. The van der Waals surface area contributed by atoms with E-state index in [1.54, 1.807) is 14.0 Å². The summed E-state index contributed by atoms with van der Waals surface area (Å²) in [7, 11) is 1.63. The van der Waals surface area contributed by atoms with E-state index < -0.39 is 5.25 Å². The number of carbonyl (C=O) groups excluding carboxylic acids is 1. The highest BCUT2D eigenvalue weighted by Gasteiger charge is 2.22. The Morgan fingerprint density at radius 2 is 1.71 bits per heavy atom. The summed E-state index contributed by atoms with van der Waals surface area (Å²) < 4.78 is 26.6. The van der Waals surface area contributed by atoms with E-state index in [-0.39, 0.29) is 18.2 Å². The monoisotopic (exact) mass is 491 g/mol. The van der Waals surface area contributed by atoms with Crippen molar-refractivity contribution < 1.29 is 18.7 Å². The van der Waals surface area contributed by atoms with Gasteiger partial charge in [0.15, 0.2) is 16.8 Å². The van der Waals surface area contributed by atoms with Crippen LogP contribution in [0.15, 0.2) is 84.0 Å². The van der Waals surface area contributed by atoms with E-state index in [9.17, 15) is 9.18 Å². The number of methoxy groups -OCH3 is 1. The number of hydrogen-bond acceptors (Lipinski definition) is 6. The molecule has 4 aromatic rings. The fourth-order valence-electron chi connectivity index (χ4n) is 3.57. The Hall–Kier alpha value is -3.49. The van der Waals surface area contributed by atoms with Crippen LogP contribution in [0.3, 0.4) is 0 Å². The summed E-state index contributed by atoms with van der Waals surface area (Å²) in [6.07, 6.45) is 0. The Morgan fingerprint density at radius 3 is 2.46 bits per heavy atom. The number of halogens is 1. The van der Waals surface area contributed by atoms with Crippen molar-refractivity contribution in [3.05, 3.63) is 96.1 Å². The summed E-state index contributed by atoms with van der Waals surface area (Å²) in [5.74, 6) is 0.897. The van der Waals surface area contributed by atoms with Gasteiger partial charge in [-0.2, -0.15) is 0 Å². The van der Waals surface area contributed by atoms with Crippen LogP contribution in [0.2, 0.25) is 0 Å². The zero-order valence-corrected chi connectivity index (χ0v) is 20.4. The molecule has 0 aliphatic heterocycles. The Morgan fingerprint density at radius 1 is 1.00 bits per heavy atom. The number of benzene rings is 3. The van der Waals surface area contributed by atoms with Crippen molar-refractivity contribution in [2.75, 3.05) is 13.7 Å². The number of nitrogens with zero attached hydrogens (tertiary/aromatic N) is 3. The fourth-order valence-corrected chi connectivity index (χ4v) is 4.54. The SMILES string of the molecule is COCCn1c(COc2ccccc2-c2ccccc2)nnc1SC(C)C(=O)c1ccc(F)cc1. The fraction of sp³-hybridized carbons (Fsp3) is 0.222. The van der Waals surface area contributed by atoms with Crippen molar-refractivity contribution in [2.45, 2.75) is 30.5 Å². The summed E-state index contributed by atoms with van der Waals surface area (Å²) >= 11 is 1.31. The molecule has 0 radical (unpaired) electrons. The summed E-state index contributed by atoms with van der Waals surface area (Å²) in [6, 6.07) is 23.5. The molecule has 8 heteroatoms. The first-order valence-electron chi connectivity index (χ1n) is 11.2. The molecule has 0 N–H and O–H groups in total. The number of carbonyl (C=O) groups is 1. The second kappa shape index (κ2) is 11.8. The first kappa shape index (κ1) is 24.6. The third-order valence-corrected chi connectivity index (χ3v) is 6.50. The van der Waals surface area contributed by atoms with Gasteiger partial charge in [-0.25, -0.2) is 4.39 Å². The standard InChI is InChI=1S/C27H26FN3O3S/c1-19(26(32)21-12-14-22(28)15-13-21)35-27-30-29-25(31(27)16-17-33-2)18-34-24-11-7-6-10-23(24)20-8-4-3-5-9-20/h3-15,19H,16-18H2,1-2H3. The summed E-state index contributed by atoms with van der Waals surface area (Å²) in [4.78, 5) is 12.8. The van der Waals surface area contributed by atoms with Gasteiger partial charge < -0.3 is 14.0 Å². The molecule has 1 aromatic heterocycles. The number of rotatable bonds is 11. The predicted octanol–water partition coefficient (Wildman–Crippen LogP) is 5.67. The van der Waals surface area contributed by atoms with Crippen LogP contribution in [0.4, 0.5) is 4.39 Å². The molecule has 0 aliphatic carbocycles. The Balaban J connectivity index is 1.51. The molecule has 1 unspecified atom stereocenters. The lowest BCUT2D eigenvalue weighted by Gasteiger charge is -2.14. The van der Waals surface area contributed by atoms with Crippen molar-refractivity contribution in [1.82, 2.24) is 14.8 Å². The molecule has 1 atom stereocenters. The van der Waals surface area contributed by atoms with Crippen LogP contribution in [0, 0.1) is 5.82 Å². The van der Waals surface area contributed by atoms with Gasteiger partial charge in [0.05, 0.1) is 11.9 Å². The smallest absolute Gasteiger partial charge is 0.192 e. The van der Waals surface area contributed by atoms with Gasteiger partial charge in [-0.3, -0.25) is 4.79 Å². The lowest BCUT2D eigenvalue weighted by atomic mass is 10.1. The number of para-hydroxylation sites is 1. The lowest BCUT2D eigenvalue weighted by Crippen LogP contribution is -2.16. The van der Waals surface area contributed by atoms with E-state index >= 15 is 0 Å². The third-order valence-electron chi connectivity index (χ3n) is 5.42. The van der Waals surface area contributed by atoms with Crippen molar-refractivity contribution in [3.63, 3.8) is 0 Å². The van der Waals surface area contributed by atoms with Gasteiger partial charge >= 0.3 is 0 Å². The molecule has 0 spiro atoms. The average Bonchev–Trinajstić information content (AvgIpc) is 3.27. The van der Waals surface area contributed by atoms with Crippen LogP contribution < -0.4 is 4.74 Å². The first-order chi connectivity index (χ1) is 17.1. The molecular weight excluding hydrogens is 465 g/mol. The maximum absolute atomic E-state index is 13.2. The summed E-state index contributed by atoms with van der Waals surface area (Å²) in [6.45, 7) is 2.99. The zero-order chi connectivity index (χ0) is 24.6.